The lowest BCUT2D eigenvalue weighted by Gasteiger charge is -2.27. The van der Waals surface area contributed by atoms with Gasteiger partial charge in [-0.05, 0) is 87.3 Å². The molecule has 3 aliphatic rings. The van der Waals surface area contributed by atoms with Gasteiger partial charge in [-0.2, -0.15) is 11.8 Å². The van der Waals surface area contributed by atoms with Gasteiger partial charge in [0.1, 0.15) is 36.0 Å². The van der Waals surface area contributed by atoms with Gasteiger partial charge in [0.15, 0.2) is 0 Å². The maximum atomic E-state index is 14.1. The van der Waals surface area contributed by atoms with Gasteiger partial charge in [-0.3, -0.25) is 47.8 Å². The van der Waals surface area contributed by atoms with Crippen LogP contribution in [0.5, 0.6) is 5.75 Å². The standard InChI is InChI=1S/C58H92N14O15S/c1-35(2)29-43-56(82)66-44(30-37-14-16-39(73)17-15-37)54(80)62-32-48(75)63-42(18-19-49(76)77)55(81)68-50(36(3)4)57(83)64-41(11-7-8-22-72-33-38(70-71-72)31-40(59)52(78)65-43)53(79)61-21-10-24-86-26-28-87-27-25-85-23-9-20-60-47(74)13-6-5-12-46-51-45(34-88-46)67-58(84)69-51/h14-17,33,35-36,40-46,50-51,73H,5-13,18-32,34,59H2,1-4H3,(H,60,74)(H,61,79)(H,62,80)(H,63,75)(H,64,83)(H,65,78)(H,66,82)(H,68,81)(H,76,77)(H2,67,69,84)/t40-,41-,42-,43-,44-,45+,46?,50-,51+/m0/s1. The molecule has 10 amide bonds. The quantitative estimate of drug-likeness (QED) is 0.0365. The average molecular weight is 1260 g/mol. The number of carbonyl (C=O) groups is 10. The molecule has 1 aromatic heterocycles. The molecule has 29 nitrogen and oxygen atoms in total. The van der Waals surface area contributed by atoms with E-state index in [1.54, 1.807) is 24.7 Å². The zero-order valence-corrected chi connectivity index (χ0v) is 51.8. The number of carboxylic acid groups (broad SMARTS) is 1. The van der Waals surface area contributed by atoms with Crippen LogP contribution in [0.15, 0.2) is 30.5 Å². The van der Waals surface area contributed by atoms with E-state index in [-0.39, 0.29) is 67.9 Å². The van der Waals surface area contributed by atoms with Crippen molar-refractivity contribution in [2.24, 2.45) is 17.6 Å². The molecule has 0 aliphatic carbocycles. The van der Waals surface area contributed by atoms with Crippen LogP contribution in [0.2, 0.25) is 0 Å². The molecular weight excluding hydrogens is 1160 g/mol. The maximum Gasteiger partial charge on any atom is 0.315 e. The number of aromatic nitrogens is 3. The number of thioether (sulfide) groups is 1. The fourth-order valence-electron chi connectivity index (χ4n) is 10.0. The van der Waals surface area contributed by atoms with Gasteiger partial charge >= 0.3 is 12.0 Å². The number of carbonyl (C=O) groups excluding carboxylic acids is 9. The van der Waals surface area contributed by atoms with Crippen molar-refractivity contribution in [2.45, 2.75) is 178 Å². The number of rotatable bonds is 28. The van der Waals surface area contributed by atoms with Crippen molar-refractivity contribution >= 4 is 71.0 Å². The number of benzene rings is 1. The van der Waals surface area contributed by atoms with Crippen molar-refractivity contribution in [2.75, 3.05) is 65.0 Å². The molecular formula is C58H92N14O15S. The highest BCUT2D eigenvalue weighted by atomic mass is 32.2. The summed E-state index contributed by atoms with van der Waals surface area (Å²) in [7, 11) is 0. The Bertz CT molecular complexity index is 2600. The number of carboxylic acids is 1. The number of phenols is 1. The Balaban J connectivity index is 1.11. The molecule has 2 aromatic rings. The zero-order chi connectivity index (χ0) is 64.0. The number of hydrogen-bond donors (Lipinski definition) is 13. The van der Waals surface area contributed by atoms with Crippen LogP contribution >= 0.6 is 11.8 Å². The smallest absolute Gasteiger partial charge is 0.315 e. The molecule has 0 saturated carbocycles. The highest BCUT2D eigenvalue weighted by Crippen LogP contribution is 2.33. The minimum atomic E-state index is -1.50. The van der Waals surface area contributed by atoms with Crippen LogP contribution in [0.25, 0.3) is 0 Å². The van der Waals surface area contributed by atoms with E-state index in [1.165, 1.54) is 24.3 Å². The summed E-state index contributed by atoms with van der Waals surface area (Å²) in [5, 5.41) is 55.6. The van der Waals surface area contributed by atoms with Crippen LogP contribution in [0.3, 0.4) is 0 Å². The number of amides is 10. The Morgan fingerprint density at radius 1 is 0.727 bits per heavy atom. The van der Waals surface area contributed by atoms with Gasteiger partial charge in [-0.25, -0.2) is 4.79 Å². The van der Waals surface area contributed by atoms with E-state index < -0.39 is 109 Å². The molecule has 30 heteroatoms. The third kappa shape index (κ3) is 26.3. The molecule has 14 N–H and O–H groups in total. The molecule has 2 bridgehead atoms. The largest absolute Gasteiger partial charge is 0.508 e. The highest BCUT2D eigenvalue weighted by molar-refractivity contribution is 8.00. The Morgan fingerprint density at radius 2 is 1.40 bits per heavy atom. The summed E-state index contributed by atoms with van der Waals surface area (Å²) in [6, 6.07) is -1.36. The minimum absolute atomic E-state index is 0.0130. The van der Waals surface area contributed by atoms with Gasteiger partial charge in [-0.1, -0.05) is 51.5 Å². The monoisotopic (exact) mass is 1260 g/mol. The van der Waals surface area contributed by atoms with E-state index in [1.807, 2.05) is 25.6 Å². The van der Waals surface area contributed by atoms with E-state index in [0.29, 0.717) is 101 Å². The molecule has 9 atom stereocenters. The number of fused-ring (bicyclic) bond motifs is 3. The predicted octanol–water partition coefficient (Wildman–Crippen LogP) is -0.825. The first-order chi connectivity index (χ1) is 42.1. The Morgan fingerprint density at radius 3 is 2.08 bits per heavy atom. The number of urea groups is 1. The fraction of sp³-hybridized carbons (Fsp3) is 0.690. The number of nitrogens with zero attached hydrogens (tertiary/aromatic N) is 3. The van der Waals surface area contributed by atoms with E-state index in [4.69, 9.17) is 19.9 Å². The summed E-state index contributed by atoms with van der Waals surface area (Å²) >= 11 is 1.87. The summed E-state index contributed by atoms with van der Waals surface area (Å²) in [5.74, 6) is -6.32. The number of nitrogens with one attached hydrogen (secondary N) is 10. The molecule has 2 fully saturated rings. The summed E-state index contributed by atoms with van der Waals surface area (Å²) in [5.41, 5.74) is 7.25. The van der Waals surface area contributed by atoms with Crippen LogP contribution < -0.4 is 58.9 Å². The summed E-state index contributed by atoms with van der Waals surface area (Å²) in [6.45, 7) is 9.40. The van der Waals surface area contributed by atoms with Crippen molar-refractivity contribution in [3.05, 3.63) is 41.7 Å². The number of nitrogens with two attached hydrogens (primary N) is 1. The third-order valence-corrected chi connectivity index (χ3v) is 16.3. The molecule has 88 heavy (non-hydrogen) atoms. The molecule has 2 saturated heterocycles. The molecule has 0 spiro atoms. The van der Waals surface area contributed by atoms with Crippen molar-refractivity contribution < 1.29 is 72.4 Å². The first kappa shape index (κ1) is 71.6. The van der Waals surface area contributed by atoms with Gasteiger partial charge in [0.2, 0.25) is 47.3 Å². The Labute approximate surface area is 517 Å². The topological polar surface area (TPSA) is 416 Å². The molecule has 490 valence electrons. The van der Waals surface area contributed by atoms with Gasteiger partial charge in [0.25, 0.3) is 0 Å². The minimum Gasteiger partial charge on any atom is -0.508 e. The second kappa shape index (κ2) is 38.3. The van der Waals surface area contributed by atoms with E-state index in [2.05, 4.69) is 63.5 Å². The second-order valence-electron chi connectivity index (χ2n) is 23.0. The zero-order valence-electron chi connectivity index (χ0n) is 50.9. The summed E-state index contributed by atoms with van der Waals surface area (Å²) in [6.07, 6.45) is 5.92. The van der Waals surface area contributed by atoms with Gasteiger partial charge in [-0.15, -0.1) is 5.10 Å². The Hall–Kier alpha value is -7.15. The van der Waals surface area contributed by atoms with Crippen LogP contribution in [-0.4, -0.2) is 203 Å². The third-order valence-electron chi connectivity index (χ3n) is 14.8. The molecule has 4 heterocycles. The van der Waals surface area contributed by atoms with Crippen LogP contribution in [0.4, 0.5) is 4.79 Å². The lowest BCUT2D eigenvalue weighted by molar-refractivity contribution is -0.138. The van der Waals surface area contributed by atoms with Crippen LogP contribution in [0.1, 0.15) is 116 Å². The van der Waals surface area contributed by atoms with E-state index >= 15 is 0 Å². The van der Waals surface area contributed by atoms with E-state index in [9.17, 15) is 58.2 Å². The number of unbranched alkanes of at least 4 members (excludes halogenated alkanes) is 1. The van der Waals surface area contributed by atoms with Crippen molar-refractivity contribution in [3.8, 4) is 5.75 Å². The molecule has 3 aliphatic heterocycles. The number of aromatic hydroxyl groups is 1. The van der Waals surface area contributed by atoms with E-state index in [0.717, 1.165) is 25.0 Å². The van der Waals surface area contributed by atoms with Gasteiger partial charge in [0, 0.05) is 75.7 Å². The molecule has 5 rings (SSSR count). The highest BCUT2D eigenvalue weighted by Gasteiger charge is 2.42. The SMILES string of the molecule is CC(C)C[C@@H]1NC(=O)[C@@H](N)Cc2cn(nn2)CCCC[C@@H](C(=O)NCCCOCCOCCOCCCNC(=O)CCCCC2SC[C@H]3NC(=O)N[C@@H]23)NC(=O)[C@H](C(C)C)NC(=O)[C@H](CCC(=O)O)NC(=O)CNC(=O)[C@H](Cc2ccc(O)cc2)NC1=O. The van der Waals surface area contributed by atoms with Crippen molar-refractivity contribution in [3.63, 3.8) is 0 Å². The van der Waals surface area contributed by atoms with Crippen LogP contribution in [0, 0.1) is 11.8 Å². The average Bonchev–Trinajstić information content (AvgIpc) is 2.28. The number of aryl methyl sites for hydroxylation is 1. The number of ether oxygens (including phenoxy) is 3. The molecule has 1 aromatic carbocycles. The normalized spacial score (nSPS) is 23.7. The van der Waals surface area contributed by atoms with Crippen molar-refractivity contribution in [1.82, 2.24) is 68.2 Å². The van der Waals surface area contributed by atoms with Gasteiger partial charge < -0.3 is 83.3 Å². The lowest BCUT2D eigenvalue weighted by atomic mass is 10.0. The first-order valence-corrected chi connectivity index (χ1v) is 31.6. The molecule has 1 unspecified atom stereocenters. The number of hydrogen-bond acceptors (Lipinski definition) is 18. The van der Waals surface area contributed by atoms with Gasteiger partial charge in [0.05, 0.1) is 56.8 Å². The second-order valence-corrected chi connectivity index (χ2v) is 24.3. The fourth-order valence-corrected chi connectivity index (χ4v) is 11.6. The Kier molecular flexibility index (Phi) is 31.2. The summed E-state index contributed by atoms with van der Waals surface area (Å²) < 4.78 is 18.5. The molecule has 0 radical (unpaired) electrons. The number of phenolic OH excluding ortho intramolecular Hbond substituents is 1. The number of aliphatic carboxylic acids is 1. The van der Waals surface area contributed by atoms with Crippen molar-refractivity contribution in [1.29, 1.82) is 0 Å². The van der Waals surface area contributed by atoms with Crippen LogP contribution in [-0.2, 0) is 76.7 Å². The first-order valence-electron chi connectivity index (χ1n) is 30.5. The lowest BCUT2D eigenvalue weighted by Crippen LogP contribution is -2.59. The summed E-state index contributed by atoms with van der Waals surface area (Å²) in [4.78, 5) is 132. The maximum absolute atomic E-state index is 14.1. The predicted molar refractivity (Wildman–Crippen MR) is 323 cm³/mol.